The number of imidazole rings is 1. The quantitative estimate of drug-likeness (QED) is 0.471. The lowest BCUT2D eigenvalue weighted by atomic mass is 10.0. The molecule has 0 aliphatic carbocycles. The van der Waals surface area contributed by atoms with Crippen molar-refractivity contribution in [2.24, 2.45) is 0 Å². The van der Waals surface area contributed by atoms with Crippen LogP contribution in [0.3, 0.4) is 0 Å². The van der Waals surface area contributed by atoms with E-state index in [1.807, 2.05) is 30.3 Å². The van der Waals surface area contributed by atoms with Crippen LogP contribution < -0.4 is 4.74 Å². The van der Waals surface area contributed by atoms with Gasteiger partial charge in [-0.05, 0) is 48.9 Å². The molecule has 3 heterocycles. The van der Waals surface area contributed by atoms with Crippen LogP contribution in [0.1, 0.15) is 24.5 Å². The van der Waals surface area contributed by atoms with Crippen molar-refractivity contribution in [3.8, 4) is 23.0 Å². The van der Waals surface area contributed by atoms with E-state index in [0.717, 1.165) is 28.5 Å². The zero-order chi connectivity index (χ0) is 22.3. The number of rotatable bonds is 5. The summed E-state index contributed by atoms with van der Waals surface area (Å²) in [4.78, 5) is 12.5. The summed E-state index contributed by atoms with van der Waals surface area (Å²) >= 11 is 0. The highest BCUT2D eigenvalue weighted by molar-refractivity contribution is 7.90. The summed E-state index contributed by atoms with van der Waals surface area (Å²) in [6, 6.07) is 15.6. The number of aliphatic hydroxyl groups excluding tert-OH is 1. The summed E-state index contributed by atoms with van der Waals surface area (Å²) in [6.45, 7) is 0. The molecule has 0 bridgehead atoms. The van der Waals surface area contributed by atoms with Crippen molar-refractivity contribution < 1.29 is 23.0 Å². The smallest absolute Gasteiger partial charge is 0.175 e. The number of sulfone groups is 1. The van der Waals surface area contributed by atoms with Crippen molar-refractivity contribution in [1.29, 1.82) is 0 Å². The van der Waals surface area contributed by atoms with E-state index in [9.17, 15) is 13.5 Å². The van der Waals surface area contributed by atoms with Gasteiger partial charge in [-0.25, -0.2) is 13.4 Å². The predicted octanol–water partition coefficient (Wildman–Crippen LogP) is 3.99. The summed E-state index contributed by atoms with van der Waals surface area (Å²) in [5.41, 5.74) is 2.97. The van der Waals surface area contributed by atoms with Crippen LogP contribution in [0.4, 0.5) is 0 Å². The number of nitrogens with one attached hydrogen (secondary N) is 1. The van der Waals surface area contributed by atoms with Gasteiger partial charge >= 0.3 is 0 Å². The number of hydrogen-bond acceptors (Lipinski definition) is 7. The standard InChI is InChI=1S/C23H21N3O5S/c1-32(28,29)15-7-5-14(6-8-15)30-21-13-19-18(12-16(21)20-9-10-22(27)31-20)25-23(26-19)17-4-2-3-11-24-17/h2-8,11-13,20,22,27H,9-10H2,1H3,(H,25,26). The van der Waals surface area contributed by atoms with E-state index in [4.69, 9.17) is 9.47 Å². The first kappa shape index (κ1) is 20.6. The lowest BCUT2D eigenvalue weighted by molar-refractivity contribution is -0.0916. The van der Waals surface area contributed by atoms with Gasteiger partial charge < -0.3 is 19.6 Å². The van der Waals surface area contributed by atoms with Crippen molar-refractivity contribution in [3.63, 3.8) is 0 Å². The molecule has 1 aliphatic heterocycles. The predicted molar refractivity (Wildman–Crippen MR) is 118 cm³/mol. The minimum absolute atomic E-state index is 0.219. The molecule has 1 saturated heterocycles. The Balaban J connectivity index is 1.56. The lowest BCUT2D eigenvalue weighted by Crippen LogP contribution is -2.05. The van der Waals surface area contributed by atoms with Crippen molar-refractivity contribution >= 4 is 20.9 Å². The molecule has 32 heavy (non-hydrogen) atoms. The van der Waals surface area contributed by atoms with Crippen LogP contribution >= 0.6 is 0 Å². The second kappa shape index (κ2) is 8.01. The molecular formula is C23H21N3O5S. The Bertz CT molecular complexity index is 1370. The van der Waals surface area contributed by atoms with Crippen LogP contribution in [-0.2, 0) is 14.6 Å². The number of hydrogen-bond donors (Lipinski definition) is 2. The number of aromatic amines is 1. The number of fused-ring (bicyclic) bond motifs is 1. The summed E-state index contributed by atoms with van der Waals surface area (Å²) in [5.74, 6) is 1.66. The van der Waals surface area contributed by atoms with Gasteiger partial charge in [-0.3, -0.25) is 4.98 Å². The molecular weight excluding hydrogens is 430 g/mol. The zero-order valence-electron chi connectivity index (χ0n) is 17.2. The van der Waals surface area contributed by atoms with E-state index in [0.29, 0.717) is 30.2 Å². The maximum absolute atomic E-state index is 11.7. The third kappa shape index (κ3) is 4.10. The number of aromatic nitrogens is 3. The maximum Gasteiger partial charge on any atom is 0.175 e. The van der Waals surface area contributed by atoms with Gasteiger partial charge in [0.25, 0.3) is 0 Å². The second-order valence-corrected chi connectivity index (χ2v) is 9.73. The molecule has 2 atom stereocenters. The molecule has 9 heteroatoms. The molecule has 2 aromatic heterocycles. The van der Waals surface area contributed by atoms with Crippen molar-refractivity contribution in [2.75, 3.05) is 6.26 Å². The molecule has 2 unspecified atom stereocenters. The Morgan fingerprint density at radius 2 is 1.94 bits per heavy atom. The van der Waals surface area contributed by atoms with Crippen LogP contribution in [0, 0.1) is 0 Å². The number of benzene rings is 2. The largest absolute Gasteiger partial charge is 0.457 e. The molecule has 1 aliphatic rings. The highest BCUT2D eigenvalue weighted by atomic mass is 32.2. The summed E-state index contributed by atoms with van der Waals surface area (Å²) in [7, 11) is -3.29. The normalized spacial score (nSPS) is 18.8. The van der Waals surface area contributed by atoms with E-state index >= 15 is 0 Å². The van der Waals surface area contributed by atoms with Crippen LogP contribution in [0.5, 0.6) is 11.5 Å². The molecule has 2 N–H and O–H groups in total. The van der Waals surface area contributed by atoms with E-state index in [1.165, 1.54) is 12.1 Å². The molecule has 0 saturated carbocycles. The molecule has 164 valence electrons. The first-order valence-electron chi connectivity index (χ1n) is 10.1. The van der Waals surface area contributed by atoms with Gasteiger partial charge in [0.2, 0.25) is 0 Å². The van der Waals surface area contributed by atoms with Gasteiger partial charge in [-0.1, -0.05) is 6.07 Å². The van der Waals surface area contributed by atoms with E-state index in [2.05, 4.69) is 15.0 Å². The van der Waals surface area contributed by atoms with Gasteiger partial charge in [0.15, 0.2) is 22.0 Å². The fourth-order valence-electron chi connectivity index (χ4n) is 3.75. The molecule has 2 aromatic carbocycles. The van der Waals surface area contributed by atoms with Crippen LogP contribution in [-0.4, -0.2) is 41.0 Å². The Morgan fingerprint density at radius 3 is 2.59 bits per heavy atom. The fraction of sp³-hybridized carbons (Fsp3) is 0.217. The lowest BCUT2D eigenvalue weighted by Gasteiger charge is -2.16. The van der Waals surface area contributed by atoms with Crippen molar-refractivity contribution in [1.82, 2.24) is 15.0 Å². The van der Waals surface area contributed by atoms with Gasteiger partial charge in [0.05, 0.1) is 22.0 Å². The first-order valence-corrected chi connectivity index (χ1v) is 12.0. The number of H-pyrrole nitrogens is 1. The Labute approximate surface area is 184 Å². The number of pyridine rings is 1. The molecule has 8 nitrogen and oxygen atoms in total. The van der Waals surface area contributed by atoms with Gasteiger partial charge in [-0.2, -0.15) is 0 Å². The van der Waals surface area contributed by atoms with Gasteiger partial charge in [0, 0.05) is 30.5 Å². The molecule has 1 fully saturated rings. The Morgan fingerprint density at radius 1 is 1.12 bits per heavy atom. The second-order valence-electron chi connectivity index (χ2n) is 7.71. The van der Waals surface area contributed by atoms with E-state index in [-0.39, 0.29) is 11.0 Å². The SMILES string of the molecule is CS(=O)(=O)c1ccc(Oc2cc3[nH]c(-c4ccccn4)nc3cc2C2CCC(O)O2)cc1. The third-order valence-electron chi connectivity index (χ3n) is 5.34. The fourth-order valence-corrected chi connectivity index (χ4v) is 4.38. The number of ether oxygens (including phenoxy) is 2. The monoisotopic (exact) mass is 451 g/mol. The van der Waals surface area contributed by atoms with Crippen molar-refractivity contribution in [2.45, 2.75) is 30.1 Å². The summed E-state index contributed by atoms with van der Waals surface area (Å²) in [5, 5.41) is 9.86. The number of nitrogens with zero attached hydrogens (tertiary/aromatic N) is 2. The Kier molecular flexibility index (Phi) is 5.16. The van der Waals surface area contributed by atoms with Gasteiger partial charge in [0.1, 0.15) is 17.2 Å². The van der Waals surface area contributed by atoms with Crippen LogP contribution in [0.15, 0.2) is 65.7 Å². The van der Waals surface area contributed by atoms with E-state index < -0.39 is 16.1 Å². The minimum Gasteiger partial charge on any atom is -0.457 e. The Hall–Kier alpha value is -3.27. The summed E-state index contributed by atoms with van der Waals surface area (Å²) < 4.78 is 35.3. The highest BCUT2D eigenvalue weighted by Crippen LogP contribution is 2.40. The molecule has 4 aromatic rings. The van der Waals surface area contributed by atoms with Gasteiger partial charge in [-0.15, -0.1) is 0 Å². The maximum atomic E-state index is 11.7. The third-order valence-corrected chi connectivity index (χ3v) is 6.47. The molecule has 5 rings (SSSR count). The summed E-state index contributed by atoms with van der Waals surface area (Å²) in [6.07, 6.45) is 2.89. The highest BCUT2D eigenvalue weighted by Gasteiger charge is 2.28. The molecule has 0 radical (unpaired) electrons. The van der Waals surface area contributed by atoms with Crippen LogP contribution in [0.2, 0.25) is 0 Å². The average molecular weight is 452 g/mol. The first-order chi connectivity index (χ1) is 15.4. The molecule has 0 amide bonds. The zero-order valence-corrected chi connectivity index (χ0v) is 18.0. The van der Waals surface area contributed by atoms with E-state index in [1.54, 1.807) is 18.3 Å². The topological polar surface area (TPSA) is 114 Å². The van der Waals surface area contributed by atoms with Crippen LogP contribution in [0.25, 0.3) is 22.6 Å². The average Bonchev–Trinajstić information content (AvgIpc) is 3.39. The number of aliphatic hydroxyl groups is 1. The molecule has 0 spiro atoms. The minimum atomic E-state index is -3.29. The van der Waals surface area contributed by atoms with Crippen molar-refractivity contribution in [3.05, 3.63) is 66.4 Å².